The molecule has 1 N–H and O–H groups in total. The minimum atomic E-state index is 0.159. The monoisotopic (exact) mass is 199 g/mol. The number of nitrogens with one attached hydrogen (secondary N) is 1. The van der Waals surface area contributed by atoms with E-state index in [9.17, 15) is 0 Å². The zero-order chi connectivity index (χ0) is 9.90. The molecular formula is C9H17N3S. The van der Waals surface area contributed by atoms with E-state index in [4.69, 9.17) is 0 Å². The summed E-state index contributed by atoms with van der Waals surface area (Å²) in [5.74, 6) is 0. The average Bonchev–Trinajstić information content (AvgIpc) is 2.51. The predicted octanol–water partition coefficient (Wildman–Crippen LogP) is 2.84. The number of aromatic nitrogens is 2. The van der Waals surface area contributed by atoms with Crippen LogP contribution >= 0.6 is 11.3 Å². The SMILES string of the molecule is CCC(C)(CC)Nc1nnc(C)s1. The predicted molar refractivity (Wildman–Crippen MR) is 57.3 cm³/mol. The first-order chi connectivity index (χ1) is 6.09. The summed E-state index contributed by atoms with van der Waals surface area (Å²) in [5.41, 5.74) is 0.159. The van der Waals surface area contributed by atoms with Crippen molar-refractivity contribution in [3.8, 4) is 0 Å². The Balaban J connectivity index is 2.67. The highest BCUT2D eigenvalue weighted by Gasteiger charge is 2.20. The van der Waals surface area contributed by atoms with Crippen LogP contribution in [0.4, 0.5) is 5.13 Å². The topological polar surface area (TPSA) is 37.8 Å². The van der Waals surface area contributed by atoms with Crippen LogP contribution in [0.3, 0.4) is 0 Å². The lowest BCUT2D eigenvalue weighted by Crippen LogP contribution is -2.32. The molecule has 1 aromatic rings. The van der Waals surface area contributed by atoms with E-state index in [0.29, 0.717) is 0 Å². The van der Waals surface area contributed by atoms with Crippen molar-refractivity contribution in [1.82, 2.24) is 10.2 Å². The van der Waals surface area contributed by atoms with Crippen molar-refractivity contribution in [3.63, 3.8) is 0 Å². The van der Waals surface area contributed by atoms with E-state index in [-0.39, 0.29) is 5.54 Å². The van der Waals surface area contributed by atoms with Crippen molar-refractivity contribution in [2.45, 2.75) is 46.1 Å². The van der Waals surface area contributed by atoms with Crippen molar-refractivity contribution >= 4 is 16.5 Å². The van der Waals surface area contributed by atoms with Crippen LogP contribution in [0.15, 0.2) is 0 Å². The molecule has 0 amide bonds. The fourth-order valence-corrected chi connectivity index (χ4v) is 1.77. The number of nitrogens with zero attached hydrogens (tertiary/aromatic N) is 2. The molecule has 0 unspecified atom stereocenters. The molecule has 0 aliphatic heterocycles. The molecule has 0 radical (unpaired) electrons. The Morgan fingerprint density at radius 1 is 1.31 bits per heavy atom. The molecule has 0 fully saturated rings. The van der Waals surface area contributed by atoms with Gasteiger partial charge in [-0.05, 0) is 26.7 Å². The molecular weight excluding hydrogens is 182 g/mol. The summed E-state index contributed by atoms with van der Waals surface area (Å²) < 4.78 is 0. The van der Waals surface area contributed by atoms with Gasteiger partial charge in [-0.1, -0.05) is 25.2 Å². The lowest BCUT2D eigenvalue weighted by Gasteiger charge is -2.27. The van der Waals surface area contributed by atoms with Gasteiger partial charge in [-0.3, -0.25) is 0 Å². The van der Waals surface area contributed by atoms with Crippen LogP contribution < -0.4 is 5.32 Å². The van der Waals surface area contributed by atoms with Gasteiger partial charge in [-0.25, -0.2) is 0 Å². The average molecular weight is 199 g/mol. The number of anilines is 1. The Bertz CT molecular complexity index is 266. The van der Waals surface area contributed by atoms with Gasteiger partial charge in [0, 0.05) is 5.54 Å². The van der Waals surface area contributed by atoms with Crippen molar-refractivity contribution in [3.05, 3.63) is 5.01 Å². The molecule has 1 rings (SSSR count). The highest BCUT2D eigenvalue weighted by atomic mass is 32.1. The molecule has 0 aliphatic rings. The summed E-state index contributed by atoms with van der Waals surface area (Å²) >= 11 is 1.61. The van der Waals surface area contributed by atoms with Crippen LogP contribution in [0.2, 0.25) is 0 Å². The quantitative estimate of drug-likeness (QED) is 0.810. The van der Waals surface area contributed by atoms with Gasteiger partial charge in [0.1, 0.15) is 5.01 Å². The molecule has 13 heavy (non-hydrogen) atoms. The molecule has 0 atom stereocenters. The van der Waals surface area contributed by atoms with Gasteiger partial charge in [-0.15, -0.1) is 10.2 Å². The zero-order valence-corrected chi connectivity index (χ0v) is 9.53. The van der Waals surface area contributed by atoms with Crippen molar-refractivity contribution in [2.24, 2.45) is 0 Å². The maximum Gasteiger partial charge on any atom is 0.206 e. The minimum absolute atomic E-state index is 0.159. The summed E-state index contributed by atoms with van der Waals surface area (Å²) in [6.07, 6.45) is 2.20. The highest BCUT2D eigenvalue weighted by molar-refractivity contribution is 7.15. The summed E-state index contributed by atoms with van der Waals surface area (Å²) in [6.45, 7) is 8.55. The largest absolute Gasteiger partial charge is 0.355 e. The Labute approximate surface area is 83.6 Å². The smallest absolute Gasteiger partial charge is 0.206 e. The molecule has 74 valence electrons. The van der Waals surface area contributed by atoms with Crippen molar-refractivity contribution < 1.29 is 0 Å². The normalized spacial score (nSPS) is 11.7. The third-order valence-corrected chi connectivity index (χ3v) is 3.25. The number of hydrogen-bond acceptors (Lipinski definition) is 4. The fraction of sp³-hybridized carbons (Fsp3) is 0.778. The Kier molecular flexibility index (Phi) is 3.25. The number of rotatable bonds is 4. The van der Waals surface area contributed by atoms with Crippen LogP contribution in [0.25, 0.3) is 0 Å². The van der Waals surface area contributed by atoms with Gasteiger partial charge in [0.05, 0.1) is 0 Å². The first-order valence-corrected chi connectivity index (χ1v) is 5.49. The highest BCUT2D eigenvalue weighted by Crippen LogP contribution is 2.23. The molecule has 3 nitrogen and oxygen atoms in total. The van der Waals surface area contributed by atoms with Crippen LogP contribution in [-0.2, 0) is 0 Å². The van der Waals surface area contributed by atoms with Crippen LogP contribution in [0.1, 0.15) is 38.6 Å². The van der Waals surface area contributed by atoms with E-state index >= 15 is 0 Å². The van der Waals surface area contributed by atoms with E-state index < -0.39 is 0 Å². The summed E-state index contributed by atoms with van der Waals surface area (Å²) in [4.78, 5) is 0. The first-order valence-electron chi connectivity index (χ1n) is 4.68. The molecule has 1 heterocycles. The molecule has 0 saturated heterocycles. The molecule has 4 heteroatoms. The maximum atomic E-state index is 4.05. The van der Waals surface area contributed by atoms with Gasteiger partial charge >= 0.3 is 0 Å². The lowest BCUT2D eigenvalue weighted by atomic mass is 9.96. The van der Waals surface area contributed by atoms with Crippen LogP contribution in [-0.4, -0.2) is 15.7 Å². The second kappa shape index (κ2) is 4.05. The minimum Gasteiger partial charge on any atom is -0.355 e. The molecule has 0 aromatic carbocycles. The molecule has 0 aliphatic carbocycles. The molecule has 0 spiro atoms. The second-order valence-electron chi connectivity index (χ2n) is 3.52. The summed E-state index contributed by atoms with van der Waals surface area (Å²) in [7, 11) is 0. The van der Waals surface area contributed by atoms with Gasteiger partial charge in [-0.2, -0.15) is 0 Å². The van der Waals surface area contributed by atoms with E-state index in [1.165, 1.54) is 0 Å². The molecule has 1 aromatic heterocycles. The Hall–Kier alpha value is -0.640. The number of aryl methyl sites for hydroxylation is 1. The Morgan fingerprint density at radius 2 is 1.92 bits per heavy atom. The molecule has 0 saturated carbocycles. The van der Waals surface area contributed by atoms with Crippen molar-refractivity contribution in [1.29, 1.82) is 0 Å². The van der Waals surface area contributed by atoms with E-state index in [1.807, 2.05) is 6.92 Å². The fourth-order valence-electron chi connectivity index (χ4n) is 1.03. The standard InChI is InChI=1S/C9H17N3S/c1-5-9(4,6-2)10-8-12-11-7(3)13-8/h5-6H2,1-4H3,(H,10,12). The van der Waals surface area contributed by atoms with Gasteiger partial charge in [0.25, 0.3) is 0 Å². The molecule has 0 bridgehead atoms. The summed E-state index contributed by atoms with van der Waals surface area (Å²) in [6, 6.07) is 0. The van der Waals surface area contributed by atoms with Gasteiger partial charge < -0.3 is 5.32 Å². The Morgan fingerprint density at radius 3 is 2.31 bits per heavy atom. The zero-order valence-electron chi connectivity index (χ0n) is 8.72. The third-order valence-electron chi connectivity index (χ3n) is 2.50. The van der Waals surface area contributed by atoms with Gasteiger partial charge in [0.2, 0.25) is 5.13 Å². The van der Waals surface area contributed by atoms with E-state index in [0.717, 1.165) is 23.0 Å². The van der Waals surface area contributed by atoms with E-state index in [2.05, 4.69) is 36.3 Å². The van der Waals surface area contributed by atoms with E-state index in [1.54, 1.807) is 11.3 Å². The van der Waals surface area contributed by atoms with Gasteiger partial charge in [0.15, 0.2) is 0 Å². The third kappa shape index (κ3) is 2.66. The lowest BCUT2D eigenvalue weighted by molar-refractivity contribution is 0.478. The maximum absolute atomic E-state index is 4.05. The second-order valence-corrected chi connectivity index (χ2v) is 4.70. The first kappa shape index (κ1) is 10.4. The van der Waals surface area contributed by atoms with Crippen LogP contribution in [0.5, 0.6) is 0 Å². The summed E-state index contributed by atoms with van der Waals surface area (Å²) in [5, 5.41) is 13.4. The van der Waals surface area contributed by atoms with Crippen LogP contribution in [0, 0.1) is 6.92 Å². The number of hydrogen-bond donors (Lipinski definition) is 1. The van der Waals surface area contributed by atoms with Crippen molar-refractivity contribution in [2.75, 3.05) is 5.32 Å².